The van der Waals surface area contributed by atoms with Crippen molar-refractivity contribution in [2.45, 2.75) is 37.1 Å². The van der Waals surface area contributed by atoms with Gasteiger partial charge in [-0.15, -0.1) is 11.8 Å². The fourth-order valence-corrected chi connectivity index (χ4v) is 5.03. The molecule has 1 aliphatic heterocycles. The molecule has 3 aliphatic rings. The molecule has 3 nitrogen and oxygen atoms in total. The smallest absolute Gasteiger partial charge is 0.321 e. The molecule has 5 atom stereocenters. The maximum atomic E-state index is 10.8. The van der Waals surface area contributed by atoms with E-state index in [2.05, 4.69) is 5.32 Å². The van der Waals surface area contributed by atoms with Gasteiger partial charge in [-0.05, 0) is 37.0 Å². The van der Waals surface area contributed by atoms with Gasteiger partial charge < -0.3 is 5.11 Å². The lowest BCUT2D eigenvalue weighted by molar-refractivity contribution is -0.138. The van der Waals surface area contributed by atoms with Crippen molar-refractivity contribution in [2.75, 3.05) is 5.75 Å². The number of aliphatic carboxylic acids is 1. The number of carboxylic acid groups (broad SMARTS) is 1. The third-order valence-corrected chi connectivity index (χ3v) is 5.66. The third-order valence-electron chi connectivity index (χ3n) is 4.29. The summed E-state index contributed by atoms with van der Waals surface area (Å²) in [5.74, 6) is 2.64. The standard InChI is InChI=1S/C11H17NO2S/c13-11(14)9-5-15-10(12-9)8-4-6-1-2-7(8)3-6/h6-10,12H,1-5H2,(H,13,14). The van der Waals surface area contributed by atoms with Crippen LogP contribution in [0.25, 0.3) is 0 Å². The molecule has 3 fully saturated rings. The first-order valence-electron chi connectivity index (χ1n) is 5.84. The molecule has 5 unspecified atom stereocenters. The summed E-state index contributed by atoms with van der Waals surface area (Å²) in [6.07, 6.45) is 5.54. The van der Waals surface area contributed by atoms with E-state index in [9.17, 15) is 4.79 Å². The van der Waals surface area contributed by atoms with Crippen LogP contribution in [-0.4, -0.2) is 28.2 Å². The van der Waals surface area contributed by atoms with Crippen molar-refractivity contribution in [1.82, 2.24) is 5.32 Å². The molecule has 2 bridgehead atoms. The molecule has 1 heterocycles. The highest BCUT2D eigenvalue weighted by Crippen LogP contribution is 2.51. The Bertz CT molecular complexity index is 284. The summed E-state index contributed by atoms with van der Waals surface area (Å²) < 4.78 is 0. The van der Waals surface area contributed by atoms with Gasteiger partial charge in [-0.3, -0.25) is 10.1 Å². The second-order valence-electron chi connectivity index (χ2n) is 5.15. The maximum Gasteiger partial charge on any atom is 0.321 e. The lowest BCUT2D eigenvalue weighted by Gasteiger charge is -2.27. The fourth-order valence-electron chi connectivity index (χ4n) is 3.55. The summed E-state index contributed by atoms with van der Waals surface area (Å²) in [5, 5.41) is 12.6. The number of carbonyl (C=O) groups is 1. The number of carboxylic acids is 1. The molecule has 84 valence electrons. The lowest BCUT2D eigenvalue weighted by atomic mass is 9.88. The minimum absolute atomic E-state index is 0.306. The summed E-state index contributed by atoms with van der Waals surface area (Å²) in [5.41, 5.74) is 0. The molecule has 2 aliphatic carbocycles. The van der Waals surface area contributed by atoms with Crippen LogP contribution >= 0.6 is 11.8 Å². The van der Waals surface area contributed by atoms with Crippen molar-refractivity contribution in [3.63, 3.8) is 0 Å². The van der Waals surface area contributed by atoms with Crippen LogP contribution < -0.4 is 5.32 Å². The molecular weight excluding hydrogens is 210 g/mol. The lowest BCUT2D eigenvalue weighted by Crippen LogP contribution is -2.40. The van der Waals surface area contributed by atoms with E-state index in [1.165, 1.54) is 25.7 Å². The maximum absolute atomic E-state index is 10.8. The number of fused-ring (bicyclic) bond motifs is 2. The Morgan fingerprint density at radius 1 is 1.33 bits per heavy atom. The van der Waals surface area contributed by atoms with E-state index in [1.54, 1.807) is 0 Å². The first-order valence-corrected chi connectivity index (χ1v) is 6.89. The summed E-state index contributed by atoms with van der Waals surface area (Å²) >= 11 is 1.82. The molecule has 0 aromatic carbocycles. The molecule has 15 heavy (non-hydrogen) atoms. The zero-order chi connectivity index (χ0) is 10.4. The van der Waals surface area contributed by atoms with E-state index in [0.29, 0.717) is 5.37 Å². The van der Waals surface area contributed by atoms with Crippen molar-refractivity contribution < 1.29 is 9.90 Å². The highest BCUT2D eigenvalue weighted by Gasteiger charge is 2.46. The zero-order valence-electron chi connectivity index (χ0n) is 8.69. The summed E-state index contributed by atoms with van der Waals surface area (Å²) in [6, 6.07) is -0.306. The van der Waals surface area contributed by atoms with E-state index in [1.807, 2.05) is 11.8 Å². The van der Waals surface area contributed by atoms with E-state index < -0.39 is 5.97 Å². The Morgan fingerprint density at radius 3 is 2.73 bits per heavy atom. The SMILES string of the molecule is O=C(O)C1CSC(C2CC3CCC2C3)N1. The molecule has 0 aromatic heterocycles. The van der Waals surface area contributed by atoms with Crippen molar-refractivity contribution in [3.05, 3.63) is 0 Å². The molecule has 3 rings (SSSR count). The first-order chi connectivity index (χ1) is 7.24. The van der Waals surface area contributed by atoms with Crippen LogP contribution in [0.1, 0.15) is 25.7 Å². The average Bonchev–Trinajstić information content (AvgIpc) is 2.93. The normalized spacial score (nSPS) is 48.7. The van der Waals surface area contributed by atoms with Gasteiger partial charge in [0.15, 0.2) is 0 Å². The number of hydrogen-bond donors (Lipinski definition) is 2. The molecule has 4 heteroatoms. The van der Waals surface area contributed by atoms with E-state index in [0.717, 1.165) is 23.5 Å². The van der Waals surface area contributed by atoms with Crippen LogP contribution in [0, 0.1) is 17.8 Å². The van der Waals surface area contributed by atoms with Crippen molar-refractivity contribution in [2.24, 2.45) is 17.8 Å². The van der Waals surface area contributed by atoms with E-state index in [-0.39, 0.29) is 6.04 Å². The minimum atomic E-state index is -0.687. The Kier molecular flexibility index (Phi) is 2.44. The monoisotopic (exact) mass is 227 g/mol. The van der Waals surface area contributed by atoms with Crippen LogP contribution in [-0.2, 0) is 4.79 Å². The number of hydrogen-bond acceptors (Lipinski definition) is 3. The molecule has 0 spiro atoms. The average molecular weight is 227 g/mol. The first kappa shape index (κ1) is 9.97. The molecule has 2 saturated carbocycles. The highest BCUT2D eigenvalue weighted by atomic mass is 32.2. The number of rotatable bonds is 2. The largest absolute Gasteiger partial charge is 0.480 e. The van der Waals surface area contributed by atoms with Crippen LogP contribution in [0.5, 0.6) is 0 Å². The molecule has 1 saturated heterocycles. The highest BCUT2D eigenvalue weighted by molar-refractivity contribution is 8.00. The van der Waals surface area contributed by atoms with Crippen LogP contribution in [0.15, 0.2) is 0 Å². The van der Waals surface area contributed by atoms with E-state index >= 15 is 0 Å². The van der Waals surface area contributed by atoms with Crippen molar-refractivity contribution in [3.8, 4) is 0 Å². The van der Waals surface area contributed by atoms with Gasteiger partial charge in [0.2, 0.25) is 0 Å². The second-order valence-corrected chi connectivity index (χ2v) is 6.32. The molecule has 0 aromatic rings. The third kappa shape index (κ3) is 1.68. The van der Waals surface area contributed by atoms with E-state index in [4.69, 9.17) is 5.11 Å². The van der Waals surface area contributed by atoms with Gasteiger partial charge in [-0.1, -0.05) is 6.42 Å². The molecule has 2 N–H and O–H groups in total. The summed E-state index contributed by atoms with van der Waals surface area (Å²) in [7, 11) is 0. The summed E-state index contributed by atoms with van der Waals surface area (Å²) in [4.78, 5) is 10.8. The Morgan fingerprint density at radius 2 is 2.20 bits per heavy atom. The fraction of sp³-hybridized carbons (Fsp3) is 0.909. The van der Waals surface area contributed by atoms with Gasteiger partial charge in [-0.25, -0.2) is 0 Å². The topological polar surface area (TPSA) is 49.3 Å². The minimum Gasteiger partial charge on any atom is -0.480 e. The Balaban J connectivity index is 1.63. The van der Waals surface area contributed by atoms with Gasteiger partial charge in [0.05, 0.1) is 5.37 Å². The van der Waals surface area contributed by atoms with Gasteiger partial charge in [0.25, 0.3) is 0 Å². The van der Waals surface area contributed by atoms with Gasteiger partial charge in [-0.2, -0.15) is 0 Å². The van der Waals surface area contributed by atoms with Gasteiger partial charge in [0, 0.05) is 5.75 Å². The quantitative estimate of drug-likeness (QED) is 0.751. The van der Waals surface area contributed by atoms with Crippen molar-refractivity contribution in [1.29, 1.82) is 0 Å². The summed E-state index contributed by atoms with van der Waals surface area (Å²) in [6.45, 7) is 0. The van der Waals surface area contributed by atoms with Crippen molar-refractivity contribution >= 4 is 17.7 Å². The zero-order valence-corrected chi connectivity index (χ0v) is 9.50. The number of thioether (sulfide) groups is 1. The molecule has 0 radical (unpaired) electrons. The Hall–Kier alpha value is -0.220. The predicted molar refractivity (Wildman–Crippen MR) is 59.7 cm³/mol. The van der Waals surface area contributed by atoms with Crippen LogP contribution in [0.4, 0.5) is 0 Å². The van der Waals surface area contributed by atoms with Crippen LogP contribution in [0.3, 0.4) is 0 Å². The van der Waals surface area contributed by atoms with Crippen LogP contribution in [0.2, 0.25) is 0 Å². The van der Waals surface area contributed by atoms with Gasteiger partial charge >= 0.3 is 5.97 Å². The molecular formula is C11H17NO2S. The Labute approximate surface area is 94.0 Å². The molecule has 0 amide bonds. The second kappa shape index (κ2) is 3.67. The predicted octanol–water partition coefficient (Wildman–Crippen LogP) is 1.54. The number of nitrogens with one attached hydrogen (secondary N) is 1. The van der Waals surface area contributed by atoms with Gasteiger partial charge in [0.1, 0.15) is 6.04 Å².